The first-order valence-electron chi connectivity index (χ1n) is 8.19. The van der Waals surface area contributed by atoms with E-state index in [1.54, 1.807) is 14.2 Å². The fourth-order valence-corrected chi connectivity index (χ4v) is 5.24. The molecule has 2 nitrogen and oxygen atoms in total. The Morgan fingerprint density at radius 3 is 2.14 bits per heavy atom. The van der Waals surface area contributed by atoms with Gasteiger partial charge in [0.05, 0.1) is 0 Å². The predicted octanol–water partition coefficient (Wildman–Crippen LogP) is 4.83. The third kappa shape index (κ3) is 7.99. The van der Waals surface area contributed by atoms with Crippen LogP contribution in [0.15, 0.2) is 24.3 Å². The topological polar surface area (TPSA) is 18.5 Å². The molecule has 0 saturated carbocycles. The van der Waals surface area contributed by atoms with Crippen molar-refractivity contribution in [3.63, 3.8) is 0 Å². The van der Waals surface area contributed by atoms with Crippen LogP contribution in [0.25, 0.3) is 0 Å². The van der Waals surface area contributed by atoms with Crippen LogP contribution in [0.3, 0.4) is 0 Å². The van der Waals surface area contributed by atoms with Gasteiger partial charge in [-0.05, 0) is 0 Å². The van der Waals surface area contributed by atoms with Gasteiger partial charge in [-0.15, -0.1) is 0 Å². The molecule has 1 atom stereocenters. The monoisotopic (exact) mass is 392 g/mol. The van der Waals surface area contributed by atoms with E-state index in [9.17, 15) is 0 Å². The molecule has 0 N–H and O–H groups in total. The van der Waals surface area contributed by atoms with Crippen molar-refractivity contribution in [1.29, 1.82) is 0 Å². The fraction of sp³-hybridized carbons (Fsp3) is 0.667. The van der Waals surface area contributed by atoms with Gasteiger partial charge in [-0.25, -0.2) is 0 Å². The van der Waals surface area contributed by atoms with E-state index in [4.69, 9.17) is 21.1 Å². The van der Waals surface area contributed by atoms with Crippen molar-refractivity contribution in [3.05, 3.63) is 29.3 Å². The minimum atomic E-state index is -0.105. The van der Waals surface area contributed by atoms with Gasteiger partial charge in [-0.1, -0.05) is 0 Å². The maximum atomic E-state index is 5.97. The van der Waals surface area contributed by atoms with E-state index < -0.39 is 0 Å². The summed E-state index contributed by atoms with van der Waals surface area (Å²) in [5.41, 5.74) is 0. The van der Waals surface area contributed by atoms with Crippen LogP contribution in [-0.4, -0.2) is 35.5 Å². The summed E-state index contributed by atoms with van der Waals surface area (Å²) in [6.07, 6.45) is 9.00. The molecule has 0 radical (unpaired) electrons. The normalized spacial score (nSPS) is 12.8. The summed E-state index contributed by atoms with van der Waals surface area (Å²) in [7, 11) is 3.47. The van der Waals surface area contributed by atoms with Crippen LogP contribution < -0.4 is 4.46 Å². The maximum absolute atomic E-state index is 5.97. The van der Waals surface area contributed by atoms with Gasteiger partial charge in [0.1, 0.15) is 0 Å². The Balaban J connectivity index is 2.47. The van der Waals surface area contributed by atoms with Crippen LogP contribution in [-0.2, 0) is 9.47 Å². The SMILES string of the molecule is CCCCCCCCC([Se]c1ccc(Cl)cc1)C(OC)OC. The van der Waals surface area contributed by atoms with Gasteiger partial charge in [-0.3, -0.25) is 0 Å². The van der Waals surface area contributed by atoms with Crippen molar-refractivity contribution in [1.82, 2.24) is 0 Å². The molecular weight excluding hydrogens is 363 g/mol. The fourth-order valence-electron chi connectivity index (χ4n) is 2.46. The van der Waals surface area contributed by atoms with Gasteiger partial charge in [0.25, 0.3) is 0 Å². The number of hydrogen-bond acceptors (Lipinski definition) is 2. The van der Waals surface area contributed by atoms with Crippen molar-refractivity contribution in [3.8, 4) is 0 Å². The quantitative estimate of drug-likeness (QED) is 0.289. The van der Waals surface area contributed by atoms with E-state index in [2.05, 4.69) is 19.1 Å². The standard InChI is InChI=1S/C18H29ClO2Se/c1-4-5-6-7-8-9-10-17(18(20-2)21-3)22-16-13-11-15(19)12-14-16/h11-14,17-18H,4-10H2,1-3H3. The average Bonchev–Trinajstić information content (AvgIpc) is 2.53. The number of rotatable bonds is 12. The summed E-state index contributed by atoms with van der Waals surface area (Å²) < 4.78 is 12.4. The van der Waals surface area contributed by atoms with Crippen molar-refractivity contribution in [2.24, 2.45) is 0 Å². The summed E-state index contributed by atoms with van der Waals surface area (Å²) in [6, 6.07) is 8.18. The number of unbranched alkanes of at least 4 members (excludes halogenated alkanes) is 5. The zero-order valence-electron chi connectivity index (χ0n) is 14.0. The molecule has 0 aromatic heterocycles. The second-order valence-corrected chi connectivity index (χ2v) is 8.70. The number of hydrogen-bond donors (Lipinski definition) is 0. The molecule has 0 aliphatic heterocycles. The second-order valence-electron chi connectivity index (χ2n) is 5.51. The molecule has 1 aromatic rings. The summed E-state index contributed by atoms with van der Waals surface area (Å²) in [4.78, 5) is 0.454. The number of benzene rings is 1. The average molecular weight is 392 g/mol. The molecule has 0 fully saturated rings. The summed E-state index contributed by atoms with van der Waals surface area (Å²) in [6.45, 7) is 2.26. The summed E-state index contributed by atoms with van der Waals surface area (Å²) >= 11 is 6.30. The zero-order valence-corrected chi connectivity index (χ0v) is 16.5. The third-order valence-corrected chi connectivity index (χ3v) is 6.70. The van der Waals surface area contributed by atoms with E-state index in [1.807, 2.05) is 12.1 Å². The van der Waals surface area contributed by atoms with Crippen molar-refractivity contribution >= 4 is 31.0 Å². The first kappa shape index (κ1) is 20.0. The van der Waals surface area contributed by atoms with Crippen molar-refractivity contribution in [2.45, 2.75) is 63.0 Å². The minimum absolute atomic E-state index is 0.105. The molecule has 0 aliphatic rings. The van der Waals surface area contributed by atoms with Crippen molar-refractivity contribution in [2.75, 3.05) is 14.2 Å². The van der Waals surface area contributed by atoms with E-state index in [0.29, 0.717) is 19.8 Å². The number of methoxy groups -OCH3 is 2. The third-order valence-electron chi connectivity index (χ3n) is 3.71. The molecule has 0 amide bonds. The van der Waals surface area contributed by atoms with Crippen LogP contribution in [0, 0.1) is 0 Å². The van der Waals surface area contributed by atoms with E-state index in [0.717, 1.165) is 5.02 Å². The molecule has 0 saturated heterocycles. The van der Waals surface area contributed by atoms with Crippen molar-refractivity contribution < 1.29 is 9.47 Å². The number of halogens is 1. The zero-order chi connectivity index (χ0) is 16.2. The van der Waals surface area contributed by atoms with E-state index in [-0.39, 0.29) is 6.29 Å². The molecule has 0 bridgehead atoms. The molecule has 0 spiro atoms. The molecule has 1 aromatic carbocycles. The molecule has 4 heteroatoms. The number of ether oxygens (including phenoxy) is 2. The Hall–Kier alpha value is -0.0505. The first-order valence-corrected chi connectivity index (χ1v) is 10.4. The molecule has 1 unspecified atom stereocenters. The molecular formula is C18H29ClO2Se. The first-order chi connectivity index (χ1) is 10.7. The second kappa shape index (κ2) is 12.4. The Bertz CT molecular complexity index is 379. The van der Waals surface area contributed by atoms with E-state index in [1.165, 1.54) is 49.4 Å². The Labute approximate surface area is 147 Å². The van der Waals surface area contributed by atoms with Crippen LogP contribution in [0.1, 0.15) is 51.9 Å². The van der Waals surface area contributed by atoms with Crippen LogP contribution in [0.5, 0.6) is 0 Å². The summed E-state index contributed by atoms with van der Waals surface area (Å²) in [5.74, 6) is 0. The van der Waals surface area contributed by atoms with Gasteiger partial charge >= 0.3 is 147 Å². The molecule has 0 aliphatic carbocycles. The molecule has 22 heavy (non-hydrogen) atoms. The molecule has 1 rings (SSSR count). The van der Waals surface area contributed by atoms with Gasteiger partial charge in [0.2, 0.25) is 0 Å². The van der Waals surface area contributed by atoms with E-state index >= 15 is 0 Å². The molecule has 126 valence electrons. The van der Waals surface area contributed by atoms with Crippen LogP contribution >= 0.6 is 11.6 Å². The van der Waals surface area contributed by atoms with Crippen LogP contribution in [0.2, 0.25) is 9.84 Å². The van der Waals surface area contributed by atoms with Gasteiger partial charge in [0.15, 0.2) is 0 Å². The van der Waals surface area contributed by atoms with Crippen LogP contribution in [0.4, 0.5) is 0 Å². The van der Waals surface area contributed by atoms with Gasteiger partial charge in [0, 0.05) is 0 Å². The Morgan fingerprint density at radius 2 is 1.55 bits per heavy atom. The summed E-state index contributed by atoms with van der Waals surface area (Å²) in [5, 5.41) is 0.794. The Morgan fingerprint density at radius 1 is 0.955 bits per heavy atom. The molecule has 0 heterocycles. The Kier molecular flexibility index (Phi) is 11.3. The van der Waals surface area contributed by atoms with Gasteiger partial charge < -0.3 is 0 Å². The predicted molar refractivity (Wildman–Crippen MR) is 96.4 cm³/mol. The van der Waals surface area contributed by atoms with Gasteiger partial charge in [-0.2, -0.15) is 0 Å².